The van der Waals surface area contributed by atoms with E-state index in [0.717, 1.165) is 45.1 Å². The zero-order valence-corrected chi connectivity index (χ0v) is 11.8. The van der Waals surface area contributed by atoms with Gasteiger partial charge < -0.3 is 5.11 Å². The standard InChI is InChI=1S/C15H25NO3/c1-2-6-13(15(18)19)16-10-5-8-12(16)11-7-3-4-9-14(11)17/h11-13H,2-10H2,1H3,(H,18,19). The van der Waals surface area contributed by atoms with Crippen molar-refractivity contribution in [1.82, 2.24) is 4.90 Å². The van der Waals surface area contributed by atoms with Crippen LogP contribution in [0.3, 0.4) is 0 Å². The number of ketones is 1. The average molecular weight is 267 g/mol. The number of carboxylic acid groups (broad SMARTS) is 1. The molecule has 2 fully saturated rings. The molecule has 0 bridgehead atoms. The summed E-state index contributed by atoms with van der Waals surface area (Å²) < 4.78 is 0. The number of aliphatic carboxylic acids is 1. The molecule has 3 atom stereocenters. The number of nitrogens with zero attached hydrogens (tertiary/aromatic N) is 1. The van der Waals surface area contributed by atoms with Crippen LogP contribution in [0.5, 0.6) is 0 Å². The van der Waals surface area contributed by atoms with Crippen molar-refractivity contribution in [1.29, 1.82) is 0 Å². The van der Waals surface area contributed by atoms with E-state index in [1.807, 2.05) is 6.92 Å². The highest BCUT2D eigenvalue weighted by Gasteiger charge is 2.41. The number of hydrogen-bond acceptors (Lipinski definition) is 3. The molecule has 0 aromatic heterocycles. The fraction of sp³-hybridized carbons (Fsp3) is 0.867. The fourth-order valence-corrected chi connectivity index (χ4v) is 3.76. The molecule has 4 heteroatoms. The first-order chi connectivity index (χ1) is 9.15. The molecule has 1 N–H and O–H groups in total. The van der Waals surface area contributed by atoms with Crippen molar-refractivity contribution in [3.05, 3.63) is 0 Å². The van der Waals surface area contributed by atoms with E-state index in [1.54, 1.807) is 0 Å². The second-order valence-electron chi connectivity index (χ2n) is 5.91. The third kappa shape index (κ3) is 3.16. The highest BCUT2D eigenvalue weighted by atomic mass is 16.4. The van der Waals surface area contributed by atoms with Crippen molar-refractivity contribution in [3.8, 4) is 0 Å². The molecule has 4 nitrogen and oxygen atoms in total. The van der Waals surface area contributed by atoms with Crippen LogP contribution in [0.2, 0.25) is 0 Å². The Morgan fingerprint density at radius 2 is 2.16 bits per heavy atom. The van der Waals surface area contributed by atoms with Crippen molar-refractivity contribution in [2.45, 2.75) is 70.4 Å². The van der Waals surface area contributed by atoms with E-state index in [1.165, 1.54) is 0 Å². The normalized spacial score (nSPS) is 30.5. The predicted octanol–water partition coefficient (Wildman–Crippen LogP) is 2.46. The Labute approximate surface area is 115 Å². The third-order valence-electron chi connectivity index (χ3n) is 4.66. The zero-order chi connectivity index (χ0) is 13.8. The minimum absolute atomic E-state index is 0.0926. The van der Waals surface area contributed by atoms with Gasteiger partial charge in [0.2, 0.25) is 0 Å². The topological polar surface area (TPSA) is 57.6 Å². The highest BCUT2D eigenvalue weighted by Crippen LogP contribution is 2.34. The van der Waals surface area contributed by atoms with Crippen molar-refractivity contribution < 1.29 is 14.7 Å². The van der Waals surface area contributed by atoms with Gasteiger partial charge in [-0.25, -0.2) is 0 Å². The van der Waals surface area contributed by atoms with Crippen LogP contribution in [0.4, 0.5) is 0 Å². The Kier molecular flexibility index (Phi) is 4.97. The fourth-order valence-electron chi connectivity index (χ4n) is 3.76. The first-order valence-electron chi connectivity index (χ1n) is 7.66. The quantitative estimate of drug-likeness (QED) is 0.831. The predicted molar refractivity (Wildman–Crippen MR) is 73.0 cm³/mol. The molecular weight excluding hydrogens is 242 g/mol. The smallest absolute Gasteiger partial charge is 0.320 e. The van der Waals surface area contributed by atoms with Crippen LogP contribution in [-0.4, -0.2) is 40.4 Å². The molecule has 2 rings (SSSR count). The Hall–Kier alpha value is -0.900. The summed E-state index contributed by atoms with van der Waals surface area (Å²) in [7, 11) is 0. The number of carbonyl (C=O) groups excluding carboxylic acids is 1. The molecule has 1 aliphatic heterocycles. The number of hydrogen-bond donors (Lipinski definition) is 1. The molecule has 3 unspecified atom stereocenters. The van der Waals surface area contributed by atoms with Crippen molar-refractivity contribution in [2.75, 3.05) is 6.54 Å². The molecule has 0 aromatic rings. The highest BCUT2D eigenvalue weighted by molar-refractivity contribution is 5.82. The largest absolute Gasteiger partial charge is 0.480 e. The molecular formula is C15H25NO3. The molecule has 2 aliphatic rings. The monoisotopic (exact) mass is 267 g/mol. The summed E-state index contributed by atoms with van der Waals surface area (Å²) in [6.45, 7) is 2.86. The van der Waals surface area contributed by atoms with E-state index in [0.29, 0.717) is 18.6 Å². The van der Waals surface area contributed by atoms with Gasteiger partial charge in [-0.2, -0.15) is 0 Å². The summed E-state index contributed by atoms with van der Waals surface area (Å²) in [5, 5.41) is 9.42. The Morgan fingerprint density at radius 1 is 1.37 bits per heavy atom. The maximum atomic E-state index is 12.1. The summed E-state index contributed by atoms with van der Waals surface area (Å²) in [5.41, 5.74) is 0. The van der Waals surface area contributed by atoms with Gasteiger partial charge in [0, 0.05) is 18.4 Å². The summed E-state index contributed by atoms with van der Waals surface area (Å²) in [5.74, 6) is -0.268. The lowest BCUT2D eigenvalue weighted by Gasteiger charge is -2.36. The summed E-state index contributed by atoms with van der Waals surface area (Å²) in [4.78, 5) is 25.7. The van der Waals surface area contributed by atoms with Gasteiger partial charge in [0.05, 0.1) is 0 Å². The van der Waals surface area contributed by atoms with E-state index in [4.69, 9.17) is 0 Å². The van der Waals surface area contributed by atoms with Gasteiger partial charge in [0.1, 0.15) is 11.8 Å². The number of carbonyl (C=O) groups is 2. The molecule has 108 valence electrons. The molecule has 0 aromatic carbocycles. The van der Waals surface area contributed by atoms with Gasteiger partial charge in [-0.1, -0.05) is 19.8 Å². The Balaban J connectivity index is 2.10. The second-order valence-corrected chi connectivity index (χ2v) is 5.91. The first kappa shape index (κ1) is 14.5. The molecule has 1 saturated heterocycles. The summed E-state index contributed by atoms with van der Waals surface area (Å²) in [6.07, 6.45) is 7.36. The molecule has 19 heavy (non-hydrogen) atoms. The molecule has 1 saturated carbocycles. The third-order valence-corrected chi connectivity index (χ3v) is 4.66. The number of likely N-dealkylation sites (tertiary alicyclic amines) is 1. The maximum absolute atomic E-state index is 12.1. The SMILES string of the molecule is CCCC(C(=O)O)N1CCCC1C1CCCCC1=O. The van der Waals surface area contributed by atoms with Crippen molar-refractivity contribution >= 4 is 11.8 Å². The van der Waals surface area contributed by atoms with Gasteiger partial charge in [0.25, 0.3) is 0 Å². The van der Waals surface area contributed by atoms with Crippen LogP contribution in [0.1, 0.15) is 58.3 Å². The van der Waals surface area contributed by atoms with Crippen molar-refractivity contribution in [2.24, 2.45) is 5.92 Å². The molecule has 1 heterocycles. The Bertz CT molecular complexity index is 332. The van der Waals surface area contributed by atoms with Crippen LogP contribution >= 0.6 is 0 Å². The maximum Gasteiger partial charge on any atom is 0.320 e. The lowest BCUT2D eigenvalue weighted by Crippen LogP contribution is -2.49. The van der Waals surface area contributed by atoms with E-state index in [-0.39, 0.29) is 12.0 Å². The lowest BCUT2D eigenvalue weighted by atomic mass is 9.81. The van der Waals surface area contributed by atoms with E-state index in [2.05, 4.69) is 4.90 Å². The average Bonchev–Trinajstić information content (AvgIpc) is 2.84. The molecule has 0 amide bonds. The van der Waals surface area contributed by atoms with Crippen LogP contribution in [0, 0.1) is 5.92 Å². The molecule has 0 radical (unpaired) electrons. The van der Waals surface area contributed by atoms with Gasteiger partial charge in [0.15, 0.2) is 0 Å². The minimum atomic E-state index is -0.725. The zero-order valence-electron chi connectivity index (χ0n) is 11.8. The number of Topliss-reactive ketones (excluding diaryl/α,β-unsaturated/α-hetero) is 1. The first-order valence-corrected chi connectivity index (χ1v) is 7.66. The molecule has 1 aliphatic carbocycles. The second kappa shape index (κ2) is 6.51. The van der Waals surface area contributed by atoms with E-state index in [9.17, 15) is 14.7 Å². The number of carboxylic acids is 1. The van der Waals surface area contributed by atoms with Gasteiger partial charge >= 0.3 is 5.97 Å². The van der Waals surface area contributed by atoms with E-state index < -0.39 is 12.0 Å². The lowest BCUT2D eigenvalue weighted by molar-refractivity contribution is -0.145. The van der Waals surface area contributed by atoms with Crippen LogP contribution < -0.4 is 0 Å². The molecule has 0 spiro atoms. The van der Waals surface area contributed by atoms with Crippen molar-refractivity contribution in [3.63, 3.8) is 0 Å². The van der Waals surface area contributed by atoms with Gasteiger partial charge in [-0.05, 0) is 38.6 Å². The number of rotatable bonds is 5. The van der Waals surface area contributed by atoms with Gasteiger partial charge in [-0.3, -0.25) is 14.5 Å². The van der Waals surface area contributed by atoms with E-state index >= 15 is 0 Å². The van der Waals surface area contributed by atoms with Crippen LogP contribution in [0.25, 0.3) is 0 Å². The van der Waals surface area contributed by atoms with Crippen LogP contribution in [-0.2, 0) is 9.59 Å². The van der Waals surface area contributed by atoms with Crippen LogP contribution in [0.15, 0.2) is 0 Å². The van der Waals surface area contributed by atoms with Gasteiger partial charge in [-0.15, -0.1) is 0 Å². The summed E-state index contributed by atoms with van der Waals surface area (Å²) >= 11 is 0. The minimum Gasteiger partial charge on any atom is -0.480 e. The summed E-state index contributed by atoms with van der Waals surface area (Å²) in [6, 6.07) is -0.215. The Morgan fingerprint density at radius 3 is 2.79 bits per heavy atom.